The van der Waals surface area contributed by atoms with E-state index in [-0.39, 0.29) is 18.5 Å². The number of nitrogens with two attached hydrogens (primary N) is 1. The van der Waals surface area contributed by atoms with Crippen LogP contribution in [0.15, 0.2) is 24.3 Å². The lowest BCUT2D eigenvalue weighted by Crippen LogP contribution is -2.23. The molecule has 0 spiro atoms. The van der Waals surface area contributed by atoms with Crippen LogP contribution in [0.3, 0.4) is 0 Å². The van der Waals surface area contributed by atoms with Crippen LogP contribution in [0.5, 0.6) is 0 Å². The summed E-state index contributed by atoms with van der Waals surface area (Å²) in [6, 6.07) is 6.99. The summed E-state index contributed by atoms with van der Waals surface area (Å²) in [7, 11) is 0. The van der Waals surface area contributed by atoms with Gasteiger partial charge in [-0.2, -0.15) is 0 Å². The molecule has 0 saturated heterocycles. The number of carbonyl (C=O) groups is 2. The Morgan fingerprint density at radius 2 is 2.00 bits per heavy atom. The molecule has 4 heteroatoms. The minimum absolute atomic E-state index is 0.0643. The smallest absolute Gasteiger partial charge is 0.309 e. The third-order valence-corrected chi connectivity index (χ3v) is 4.69. The van der Waals surface area contributed by atoms with Crippen molar-refractivity contribution in [1.82, 2.24) is 0 Å². The lowest BCUT2D eigenvalue weighted by molar-refractivity contribution is -0.151. The van der Waals surface area contributed by atoms with Gasteiger partial charge in [-0.25, -0.2) is 0 Å². The van der Waals surface area contributed by atoms with Crippen LogP contribution >= 0.6 is 0 Å². The maximum absolute atomic E-state index is 12.2. The fourth-order valence-electron chi connectivity index (χ4n) is 3.68. The van der Waals surface area contributed by atoms with Crippen molar-refractivity contribution in [2.24, 2.45) is 23.5 Å². The lowest BCUT2D eigenvalue weighted by Gasteiger charge is -2.20. The monoisotopic (exact) mass is 273 g/mol. The highest BCUT2D eigenvalue weighted by atomic mass is 16.5. The van der Waals surface area contributed by atoms with Gasteiger partial charge in [-0.3, -0.25) is 9.59 Å². The first-order valence-electron chi connectivity index (χ1n) is 7.19. The molecule has 2 aliphatic carbocycles. The molecule has 1 aromatic carbocycles. The van der Waals surface area contributed by atoms with Gasteiger partial charge in [0.1, 0.15) is 6.61 Å². The van der Waals surface area contributed by atoms with Gasteiger partial charge in [0.05, 0.1) is 5.92 Å². The molecule has 1 amide bonds. The molecule has 2 fully saturated rings. The van der Waals surface area contributed by atoms with E-state index in [0.29, 0.717) is 17.0 Å². The van der Waals surface area contributed by atoms with Crippen molar-refractivity contribution in [1.29, 1.82) is 0 Å². The lowest BCUT2D eigenvalue weighted by atomic mass is 9.89. The number of esters is 1. The number of primary amides is 1. The van der Waals surface area contributed by atoms with E-state index in [9.17, 15) is 9.59 Å². The van der Waals surface area contributed by atoms with E-state index >= 15 is 0 Å². The second-order valence-electron chi connectivity index (χ2n) is 5.91. The van der Waals surface area contributed by atoms with Crippen LogP contribution in [0.2, 0.25) is 0 Å². The SMILES string of the molecule is NC(=O)c1ccccc1COC(=O)[C@@H]1C[C@H]2CC[C@H]1C2. The molecule has 2 saturated carbocycles. The summed E-state index contributed by atoms with van der Waals surface area (Å²) in [4.78, 5) is 23.5. The summed E-state index contributed by atoms with van der Waals surface area (Å²) in [5.74, 6) is 0.692. The molecule has 4 nitrogen and oxygen atoms in total. The van der Waals surface area contributed by atoms with E-state index in [1.165, 1.54) is 12.8 Å². The van der Waals surface area contributed by atoms with Crippen LogP contribution in [-0.2, 0) is 16.1 Å². The van der Waals surface area contributed by atoms with Crippen LogP contribution in [0.1, 0.15) is 41.6 Å². The van der Waals surface area contributed by atoms with Crippen LogP contribution < -0.4 is 5.73 Å². The number of hydrogen-bond acceptors (Lipinski definition) is 3. The molecule has 0 aromatic heterocycles. The van der Waals surface area contributed by atoms with Gasteiger partial charge in [-0.1, -0.05) is 24.6 Å². The average Bonchev–Trinajstić information content (AvgIpc) is 3.07. The second kappa shape index (κ2) is 5.27. The maximum atomic E-state index is 12.2. The predicted octanol–water partition coefficient (Wildman–Crippen LogP) is 2.26. The van der Waals surface area contributed by atoms with Gasteiger partial charge < -0.3 is 10.5 Å². The van der Waals surface area contributed by atoms with Crippen LogP contribution in [0, 0.1) is 17.8 Å². The fourth-order valence-corrected chi connectivity index (χ4v) is 3.68. The van der Waals surface area contributed by atoms with Crippen LogP contribution in [0.4, 0.5) is 0 Å². The molecule has 20 heavy (non-hydrogen) atoms. The van der Waals surface area contributed by atoms with E-state index < -0.39 is 5.91 Å². The Hall–Kier alpha value is -1.84. The number of ether oxygens (including phenoxy) is 1. The molecule has 3 rings (SSSR count). The zero-order valence-electron chi connectivity index (χ0n) is 11.4. The molecule has 0 heterocycles. The van der Waals surface area contributed by atoms with E-state index in [1.807, 2.05) is 6.07 Å². The van der Waals surface area contributed by atoms with Crippen LogP contribution in [-0.4, -0.2) is 11.9 Å². The van der Waals surface area contributed by atoms with Gasteiger partial charge in [0.15, 0.2) is 0 Å². The maximum Gasteiger partial charge on any atom is 0.309 e. The molecule has 0 aliphatic heterocycles. The number of hydrogen-bond donors (Lipinski definition) is 1. The fraction of sp³-hybridized carbons (Fsp3) is 0.500. The van der Waals surface area contributed by atoms with Gasteiger partial charge >= 0.3 is 5.97 Å². The molecule has 2 N–H and O–H groups in total. The van der Waals surface area contributed by atoms with Crippen LogP contribution in [0.25, 0.3) is 0 Å². The molecule has 0 unspecified atom stereocenters. The molecule has 2 aliphatic rings. The second-order valence-corrected chi connectivity index (χ2v) is 5.91. The van der Waals surface area contributed by atoms with Crippen molar-refractivity contribution >= 4 is 11.9 Å². The zero-order valence-corrected chi connectivity index (χ0v) is 11.4. The Kier molecular flexibility index (Phi) is 3.47. The molecule has 106 valence electrons. The van der Waals surface area contributed by atoms with Crippen molar-refractivity contribution in [2.75, 3.05) is 0 Å². The summed E-state index contributed by atoms with van der Waals surface area (Å²) in [5.41, 5.74) is 6.41. The summed E-state index contributed by atoms with van der Waals surface area (Å²) in [5, 5.41) is 0. The Bertz CT molecular complexity index is 540. The van der Waals surface area contributed by atoms with Gasteiger partial charge in [0.2, 0.25) is 5.91 Å². The summed E-state index contributed by atoms with van der Waals surface area (Å²) < 4.78 is 5.41. The van der Waals surface area contributed by atoms with E-state index in [1.54, 1.807) is 18.2 Å². The van der Waals surface area contributed by atoms with Crippen molar-refractivity contribution in [3.63, 3.8) is 0 Å². The summed E-state index contributed by atoms with van der Waals surface area (Å²) in [6.45, 7) is 0.131. The molecule has 1 aromatic rings. The largest absolute Gasteiger partial charge is 0.461 e. The first kappa shape index (κ1) is 13.2. The molecule has 0 radical (unpaired) electrons. The topological polar surface area (TPSA) is 69.4 Å². The highest BCUT2D eigenvalue weighted by molar-refractivity contribution is 5.94. The van der Waals surface area contributed by atoms with E-state index in [4.69, 9.17) is 10.5 Å². The number of rotatable bonds is 4. The van der Waals surface area contributed by atoms with Gasteiger partial charge in [0, 0.05) is 11.1 Å². The van der Waals surface area contributed by atoms with Crippen molar-refractivity contribution < 1.29 is 14.3 Å². The van der Waals surface area contributed by atoms with Crippen molar-refractivity contribution in [2.45, 2.75) is 32.3 Å². The molecular weight excluding hydrogens is 254 g/mol. The first-order valence-corrected chi connectivity index (χ1v) is 7.19. The standard InChI is InChI=1S/C16H19NO3/c17-15(18)13-4-2-1-3-12(13)9-20-16(19)14-8-10-5-6-11(14)7-10/h1-4,10-11,14H,5-9H2,(H2,17,18)/t10-,11-,14+/m0/s1. The third-order valence-electron chi connectivity index (χ3n) is 4.69. The number of benzene rings is 1. The Morgan fingerprint density at radius 3 is 2.65 bits per heavy atom. The highest BCUT2D eigenvalue weighted by Crippen LogP contribution is 2.48. The van der Waals surface area contributed by atoms with Gasteiger partial charge in [-0.15, -0.1) is 0 Å². The average molecular weight is 273 g/mol. The quantitative estimate of drug-likeness (QED) is 0.855. The molecule has 3 atom stereocenters. The van der Waals surface area contributed by atoms with Gasteiger partial charge in [0.25, 0.3) is 0 Å². The Morgan fingerprint density at radius 1 is 1.20 bits per heavy atom. The minimum Gasteiger partial charge on any atom is -0.461 e. The Labute approximate surface area is 118 Å². The molecule has 2 bridgehead atoms. The normalized spacial score (nSPS) is 27.5. The summed E-state index contributed by atoms with van der Waals surface area (Å²) >= 11 is 0. The Balaban J connectivity index is 1.62. The molecular formula is C16H19NO3. The van der Waals surface area contributed by atoms with Gasteiger partial charge in [-0.05, 0) is 37.2 Å². The van der Waals surface area contributed by atoms with Crippen molar-refractivity contribution in [3.05, 3.63) is 35.4 Å². The van der Waals surface area contributed by atoms with Crippen molar-refractivity contribution in [3.8, 4) is 0 Å². The highest BCUT2D eigenvalue weighted by Gasteiger charge is 2.43. The number of fused-ring (bicyclic) bond motifs is 2. The van der Waals surface area contributed by atoms with E-state index in [2.05, 4.69) is 0 Å². The predicted molar refractivity (Wildman–Crippen MR) is 73.7 cm³/mol. The number of amides is 1. The first-order chi connectivity index (χ1) is 9.65. The van der Waals surface area contributed by atoms with E-state index in [0.717, 1.165) is 18.8 Å². The minimum atomic E-state index is -0.489. The number of carbonyl (C=O) groups excluding carboxylic acids is 2. The summed E-state index contributed by atoms with van der Waals surface area (Å²) in [6.07, 6.45) is 4.57. The third kappa shape index (κ3) is 2.42. The zero-order chi connectivity index (χ0) is 14.1.